The van der Waals surface area contributed by atoms with Crippen molar-refractivity contribution in [1.82, 2.24) is 4.98 Å². The smallest absolute Gasteiger partial charge is 0.307 e. The van der Waals surface area contributed by atoms with Gasteiger partial charge in [0.2, 0.25) is 5.89 Å². The minimum atomic E-state index is -0.869. The summed E-state index contributed by atoms with van der Waals surface area (Å²) < 4.78 is 5.30. The molecule has 1 aromatic carbocycles. The molecule has 0 unspecified atom stereocenters. The van der Waals surface area contributed by atoms with Gasteiger partial charge in [0.05, 0.1) is 12.3 Å². The molecule has 0 aliphatic carbocycles. The van der Waals surface area contributed by atoms with E-state index in [2.05, 4.69) is 4.98 Å². The number of aliphatic carboxylic acids is 1. The molecule has 0 fully saturated rings. The lowest BCUT2D eigenvalue weighted by molar-refractivity contribution is -0.136. The Kier molecular flexibility index (Phi) is 2.60. The van der Waals surface area contributed by atoms with Gasteiger partial charge in [-0.25, -0.2) is 4.98 Å². The third-order valence-electron chi connectivity index (χ3n) is 1.97. The molecule has 0 aliphatic heterocycles. The van der Waals surface area contributed by atoms with Gasteiger partial charge in [-0.1, -0.05) is 6.07 Å². The number of fused-ring (bicyclic) bond motifs is 1. The fraction of sp³-hybridized carbons (Fsp3) is 0.200. The quantitative estimate of drug-likeness (QED) is 0.814. The highest BCUT2D eigenvalue weighted by Crippen LogP contribution is 2.18. The number of rotatable bonds is 3. The summed E-state index contributed by atoms with van der Waals surface area (Å²) in [5, 5.41) is 8.62. The lowest BCUT2D eigenvalue weighted by Gasteiger charge is -1.94. The summed E-state index contributed by atoms with van der Waals surface area (Å²) in [6.07, 6.45) is -0.0210. The van der Waals surface area contributed by atoms with Gasteiger partial charge in [0.1, 0.15) is 5.52 Å². The molecule has 0 radical (unpaired) electrons. The number of carboxylic acids is 1. The standard InChI is InChI=1S/C10H8ClNO3/c11-5-9-12-7-2-1-6(4-10(13)14)3-8(7)15-9/h1-3H,4-5H2,(H,13,14). The fourth-order valence-electron chi connectivity index (χ4n) is 1.36. The van der Waals surface area contributed by atoms with Gasteiger partial charge in [-0.05, 0) is 17.7 Å². The molecule has 0 bridgehead atoms. The van der Waals surface area contributed by atoms with Crippen LogP contribution in [-0.2, 0) is 17.1 Å². The summed E-state index contributed by atoms with van der Waals surface area (Å²) in [7, 11) is 0. The largest absolute Gasteiger partial charge is 0.481 e. The van der Waals surface area contributed by atoms with Gasteiger partial charge in [0, 0.05) is 0 Å². The normalized spacial score (nSPS) is 10.7. The van der Waals surface area contributed by atoms with Gasteiger partial charge < -0.3 is 9.52 Å². The first-order valence-corrected chi connectivity index (χ1v) is 4.88. The Hall–Kier alpha value is -1.55. The van der Waals surface area contributed by atoms with Crippen LogP contribution in [0.3, 0.4) is 0 Å². The van der Waals surface area contributed by atoms with Crippen molar-refractivity contribution < 1.29 is 14.3 Å². The first-order valence-electron chi connectivity index (χ1n) is 4.35. The molecule has 0 aliphatic rings. The number of carboxylic acid groups (broad SMARTS) is 1. The van der Waals surface area contributed by atoms with Gasteiger partial charge in [0.25, 0.3) is 0 Å². The molecule has 0 spiro atoms. The van der Waals surface area contributed by atoms with Crippen molar-refractivity contribution in [3.63, 3.8) is 0 Å². The van der Waals surface area contributed by atoms with E-state index in [0.717, 1.165) is 0 Å². The zero-order valence-corrected chi connectivity index (χ0v) is 8.49. The van der Waals surface area contributed by atoms with Crippen molar-refractivity contribution in [2.45, 2.75) is 12.3 Å². The molecule has 2 aromatic rings. The maximum Gasteiger partial charge on any atom is 0.307 e. The first-order chi connectivity index (χ1) is 7.19. The maximum absolute atomic E-state index is 10.5. The minimum absolute atomic E-state index is 0.0210. The SMILES string of the molecule is O=C(O)Cc1ccc2nc(CCl)oc2c1. The molecule has 1 aromatic heterocycles. The van der Waals surface area contributed by atoms with Gasteiger partial charge in [-0.15, -0.1) is 11.6 Å². The van der Waals surface area contributed by atoms with Crippen LogP contribution in [0.4, 0.5) is 0 Å². The van der Waals surface area contributed by atoms with Crippen LogP contribution in [0.15, 0.2) is 22.6 Å². The van der Waals surface area contributed by atoms with Gasteiger partial charge in [-0.2, -0.15) is 0 Å². The van der Waals surface area contributed by atoms with Crippen molar-refractivity contribution >= 4 is 28.7 Å². The summed E-state index contributed by atoms with van der Waals surface area (Å²) >= 11 is 5.57. The van der Waals surface area contributed by atoms with E-state index in [1.54, 1.807) is 18.2 Å². The molecule has 78 valence electrons. The van der Waals surface area contributed by atoms with E-state index in [-0.39, 0.29) is 12.3 Å². The molecule has 1 N–H and O–H groups in total. The third-order valence-corrected chi connectivity index (χ3v) is 2.20. The molecule has 2 rings (SSSR count). The minimum Gasteiger partial charge on any atom is -0.481 e. The second kappa shape index (κ2) is 3.90. The Morgan fingerprint density at radius 3 is 3.00 bits per heavy atom. The summed E-state index contributed by atoms with van der Waals surface area (Å²) in [5.74, 6) is -0.214. The van der Waals surface area contributed by atoms with Crippen LogP contribution in [0.25, 0.3) is 11.1 Å². The number of alkyl halides is 1. The lowest BCUT2D eigenvalue weighted by atomic mass is 10.1. The van der Waals surface area contributed by atoms with Gasteiger partial charge in [0.15, 0.2) is 5.58 Å². The first kappa shape index (κ1) is 9.98. The molecule has 0 amide bonds. The molecular formula is C10H8ClNO3. The zero-order chi connectivity index (χ0) is 10.8. The van der Waals surface area contributed by atoms with Crippen LogP contribution in [0, 0.1) is 0 Å². The van der Waals surface area contributed by atoms with Crippen molar-refractivity contribution in [2.24, 2.45) is 0 Å². The second-order valence-electron chi connectivity index (χ2n) is 3.11. The highest BCUT2D eigenvalue weighted by atomic mass is 35.5. The van der Waals surface area contributed by atoms with Crippen LogP contribution >= 0.6 is 11.6 Å². The summed E-state index contributed by atoms with van der Waals surface area (Å²) in [5.41, 5.74) is 1.96. The summed E-state index contributed by atoms with van der Waals surface area (Å²) in [6, 6.07) is 5.12. The maximum atomic E-state index is 10.5. The van der Waals surface area contributed by atoms with Crippen LogP contribution in [0.1, 0.15) is 11.5 Å². The molecule has 0 saturated carbocycles. The van der Waals surface area contributed by atoms with Crippen LogP contribution in [0.2, 0.25) is 0 Å². The number of hydrogen-bond donors (Lipinski definition) is 1. The van der Waals surface area contributed by atoms with Crippen molar-refractivity contribution in [2.75, 3.05) is 0 Å². The van der Waals surface area contributed by atoms with E-state index in [0.29, 0.717) is 22.6 Å². The topological polar surface area (TPSA) is 63.3 Å². The Morgan fingerprint density at radius 1 is 1.53 bits per heavy atom. The van der Waals surface area contributed by atoms with Crippen molar-refractivity contribution in [3.8, 4) is 0 Å². The Bertz CT molecular complexity index is 506. The van der Waals surface area contributed by atoms with Gasteiger partial charge >= 0.3 is 5.97 Å². The molecule has 0 atom stereocenters. The predicted octanol–water partition coefficient (Wildman–Crippen LogP) is 2.19. The van der Waals surface area contributed by atoms with E-state index in [1.165, 1.54) is 0 Å². The second-order valence-corrected chi connectivity index (χ2v) is 3.38. The van der Waals surface area contributed by atoms with Crippen LogP contribution in [0.5, 0.6) is 0 Å². The highest BCUT2D eigenvalue weighted by Gasteiger charge is 2.07. The van der Waals surface area contributed by atoms with E-state index in [9.17, 15) is 4.79 Å². The Balaban J connectivity index is 2.41. The number of hydrogen-bond acceptors (Lipinski definition) is 3. The average molecular weight is 226 g/mol. The molecule has 5 heteroatoms. The Morgan fingerprint density at radius 2 is 2.33 bits per heavy atom. The number of halogens is 1. The van der Waals surface area contributed by atoms with Crippen LogP contribution in [-0.4, -0.2) is 16.1 Å². The van der Waals surface area contributed by atoms with E-state index in [1.807, 2.05) is 0 Å². The van der Waals surface area contributed by atoms with E-state index >= 15 is 0 Å². The molecule has 4 nitrogen and oxygen atoms in total. The Labute approximate surface area is 90.5 Å². The average Bonchev–Trinajstić information content (AvgIpc) is 2.58. The summed E-state index contributed by atoms with van der Waals surface area (Å²) in [4.78, 5) is 14.6. The van der Waals surface area contributed by atoms with Crippen molar-refractivity contribution in [3.05, 3.63) is 29.7 Å². The van der Waals surface area contributed by atoms with Crippen molar-refractivity contribution in [1.29, 1.82) is 0 Å². The fourth-order valence-corrected chi connectivity index (χ4v) is 1.47. The number of benzene rings is 1. The zero-order valence-electron chi connectivity index (χ0n) is 7.74. The number of aromatic nitrogens is 1. The summed E-state index contributed by atoms with van der Waals surface area (Å²) in [6.45, 7) is 0. The number of nitrogens with zero attached hydrogens (tertiary/aromatic N) is 1. The van der Waals surface area contributed by atoms with Gasteiger partial charge in [-0.3, -0.25) is 4.79 Å². The number of carbonyl (C=O) groups is 1. The molecule has 15 heavy (non-hydrogen) atoms. The number of oxazole rings is 1. The monoisotopic (exact) mass is 225 g/mol. The molecular weight excluding hydrogens is 218 g/mol. The van der Waals surface area contributed by atoms with E-state index < -0.39 is 5.97 Å². The highest BCUT2D eigenvalue weighted by molar-refractivity contribution is 6.16. The lowest BCUT2D eigenvalue weighted by Crippen LogP contribution is -1.99. The molecule has 0 saturated heterocycles. The van der Waals surface area contributed by atoms with Crippen LogP contribution < -0.4 is 0 Å². The van der Waals surface area contributed by atoms with E-state index in [4.69, 9.17) is 21.1 Å². The molecule has 1 heterocycles. The third kappa shape index (κ3) is 2.10. The predicted molar refractivity (Wildman–Crippen MR) is 54.9 cm³/mol.